The molecule has 1 aliphatic rings. The highest BCUT2D eigenvalue weighted by atomic mass is 16.6. The van der Waals surface area contributed by atoms with Gasteiger partial charge in [-0.25, -0.2) is 0 Å². The van der Waals surface area contributed by atoms with E-state index in [9.17, 15) is 19.7 Å². The van der Waals surface area contributed by atoms with Gasteiger partial charge in [-0.15, -0.1) is 0 Å². The molecule has 4 rings (SSSR count). The minimum Gasteiger partial charge on any atom is -0.455 e. The fourth-order valence-electron chi connectivity index (χ4n) is 3.70. The summed E-state index contributed by atoms with van der Waals surface area (Å²) < 4.78 is 10.9. The predicted molar refractivity (Wildman–Crippen MR) is 116 cm³/mol. The van der Waals surface area contributed by atoms with E-state index < -0.39 is 23.4 Å². The number of nitro benzene ring substituents is 1. The monoisotopic (exact) mass is 438 g/mol. The van der Waals surface area contributed by atoms with Gasteiger partial charge in [-0.1, -0.05) is 24.3 Å². The van der Waals surface area contributed by atoms with Gasteiger partial charge in [-0.05, 0) is 37.5 Å². The number of hydrogen-bond donors (Lipinski definition) is 1. The summed E-state index contributed by atoms with van der Waals surface area (Å²) in [6, 6.07) is 12.5. The third-order valence-corrected chi connectivity index (χ3v) is 5.44. The summed E-state index contributed by atoms with van der Waals surface area (Å²) in [4.78, 5) is 41.7. The Morgan fingerprint density at radius 3 is 2.69 bits per heavy atom. The van der Waals surface area contributed by atoms with Crippen LogP contribution >= 0.6 is 0 Å². The van der Waals surface area contributed by atoms with E-state index >= 15 is 0 Å². The van der Waals surface area contributed by atoms with E-state index in [-0.39, 0.29) is 17.3 Å². The molecule has 10 nitrogen and oxygen atoms in total. The first kappa shape index (κ1) is 21.3. The number of benzene rings is 2. The number of aryl methyl sites for hydroxylation is 1. The number of para-hydroxylation sites is 3. The van der Waals surface area contributed by atoms with E-state index in [4.69, 9.17) is 9.15 Å². The SMILES string of the molecule is Cc1cccc([N+](=O)[O-])c1NC(=O)COC(=O)C1CCN(c2nc3ccccc3o2)CC1. The zero-order valence-electron chi connectivity index (χ0n) is 17.4. The number of rotatable bonds is 6. The fraction of sp³-hybridized carbons (Fsp3) is 0.318. The highest BCUT2D eigenvalue weighted by molar-refractivity contribution is 5.95. The lowest BCUT2D eigenvalue weighted by Crippen LogP contribution is -2.37. The first-order valence-corrected chi connectivity index (χ1v) is 10.2. The number of fused-ring (bicyclic) bond motifs is 1. The number of hydrogen-bond acceptors (Lipinski definition) is 8. The Bertz CT molecular complexity index is 1130. The summed E-state index contributed by atoms with van der Waals surface area (Å²) >= 11 is 0. The molecule has 1 aromatic heterocycles. The molecule has 0 aliphatic carbocycles. The molecule has 32 heavy (non-hydrogen) atoms. The van der Waals surface area contributed by atoms with Gasteiger partial charge in [-0.3, -0.25) is 19.7 Å². The van der Waals surface area contributed by atoms with Gasteiger partial charge < -0.3 is 19.4 Å². The Morgan fingerprint density at radius 2 is 1.97 bits per heavy atom. The van der Waals surface area contributed by atoms with Crippen LogP contribution < -0.4 is 10.2 Å². The van der Waals surface area contributed by atoms with E-state index in [1.54, 1.807) is 13.0 Å². The molecular weight excluding hydrogens is 416 g/mol. The average molecular weight is 438 g/mol. The van der Waals surface area contributed by atoms with Crippen molar-refractivity contribution in [3.63, 3.8) is 0 Å². The molecule has 166 valence electrons. The van der Waals surface area contributed by atoms with Crippen molar-refractivity contribution < 1.29 is 23.7 Å². The number of nitrogens with one attached hydrogen (secondary N) is 1. The Balaban J connectivity index is 1.28. The second-order valence-corrected chi connectivity index (χ2v) is 7.61. The maximum atomic E-state index is 12.4. The standard InChI is InChI=1S/C22H22N4O6/c1-14-5-4-7-17(26(29)30)20(14)24-19(27)13-31-21(28)15-9-11-25(12-10-15)22-23-16-6-2-3-8-18(16)32-22/h2-8,15H,9-13H2,1H3,(H,24,27). The van der Waals surface area contributed by atoms with E-state index in [1.807, 2.05) is 29.2 Å². The largest absolute Gasteiger partial charge is 0.455 e. The van der Waals surface area contributed by atoms with Crippen LogP contribution in [-0.2, 0) is 14.3 Å². The van der Waals surface area contributed by atoms with Crippen LogP contribution in [-0.4, -0.2) is 41.5 Å². The summed E-state index contributed by atoms with van der Waals surface area (Å²) in [5.74, 6) is -1.42. The third kappa shape index (κ3) is 4.53. The van der Waals surface area contributed by atoms with Crippen molar-refractivity contribution in [3.05, 3.63) is 58.1 Å². The zero-order valence-corrected chi connectivity index (χ0v) is 17.4. The van der Waals surface area contributed by atoms with Crippen molar-refractivity contribution in [3.8, 4) is 0 Å². The molecular formula is C22H22N4O6. The number of nitrogens with zero attached hydrogens (tertiary/aromatic N) is 3. The zero-order chi connectivity index (χ0) is 22.7. The van der Waals surface area contributed by atoms with Crippen LogP contribution in [0.1, 0.15) is 18.4 Å². The number of nitro groups is 1. The van der Waals surface area contributed by atoms with Crippen LogP contribution in [0, 0.1) is 23.0 Å². The van der Waals surface area contributed by atoms with Crippen LogP contribution in [0.5, 0.6) is 0 Å². The Hall–Kier alpha value is -3.95. The molecule has 1 fully saturated rings. The first-order valence-electron chi connectivity index (χ1n) is 10.2. The quantitative estimate of drug-likeness (QED) is 0.352. The number of amides is 1. The van der Waals surface area contributed by atoms with Gasteiger partial charge >= 0.3 is 5.97 Å². The van der Waals surface area contributed by atoms with E-state index in [0.717, 1.165) is 5.52 Å². The van der Waals surface area contributed by atoms with Crippen molar-refractivity contribution in [2.24, 2.45) is 5.92 Å². The maximum Gasteiger partial charge on any atom is 0.309 e. The average Bonchev–Trinajstić information content (AvgIpc) is 3.23. The summed E-state index contributed by atoms with van der Waals surface area (Å²) in [7, 11) is 0. The second kappa shape index (κ2) is 9.04. The molecule has 1 saturated heterocycles. The lowest BCUT2D eigenvalue weighted by Gasteiger charge is -2.29. The smallest absolute Gasteiger partial charge is 0.309 e. The van der Waals surface area contributed by atoms with Crippen LogP contribution in [0.2, 0.25) is 0 Å². The number of oxazole rings is 1. The summed E-state index contributed by atoms with van der Waals surface area (Å²) in [5.41, 5.74) is 1.93. The van der Waals surface area contributed by atoms with Gasteiger partial charge in [0.15, 0.2) is 12.2 Å². The number of carbonyl (C=O) groups is 2. The van der Waals surface area contributed by atoms with Gasteiger partial charge in [-0.2, -0.15) is 4.98 Å². The molecule has 0 saturated carbocycles. The van der Waals surface area contributed by atoms with Gasteiger partial charge in [0.25, 0.3) is 17.6 Å². The molecule has 1 N–H and O–H groups in total. The normalized spacial score (nSPS) is 14.3. The van der Waals surface area contributed by atoms with Gasteiger partial charge in [0, 0.05) is 19.2 Å². The molecule has 10 heteroatoms. The van der Waals surface area contributed by atoms with Crippen molar-refractivity contribution >= 4 is 40.4 Å². The van der Waals surface area contributed by atoms with Crippen LogP contribution in [0.15, 0.2) is 46.9 Å². The van der Waals surface area contributed by atoms with Crippen molar-refractivity contribution in [1.82, 2.24) is 4.98 Å². The van der Waals surface area contributed by atoms with Crippen LogP contribution in [0.3, 0.4) is 0 Å². The predicted octanol–water partition coefficient (Wildman–Crippen LogP) is 3.44. The number of ether oxygens (including phenoxy) is 1. The van der Waals surface area contributed by atoms with Crippen molar-refractivity contribution in [2.75, 3.05) is 29.9 Å². The van der Waals surface area contributed by atoms with Crippen molar-refractivity contribution in [2.45, 2.75) is 19.8 Å². The number of aromatic nitrogens is 1. The molecule has 2 aromatic carbocycles. The maximum absolute atomic E-state index is 12.4. The molecule has 2 heterocycles. The molecule has 1 amide bonds. The topological polar surface area (TPSA) is 128 Å². The Morgan fingerprint density at radius 1 is 1.22 bits per heavy atom. The molecule has 0 atom stereocenters. The lowest BCUT2D eigenvalue weighted by molar-refractivity contribution is -0.384. The van der Waals surface area contributed by atoms with Crippen molar-refractivity contribution in [1.29, 1.82) is 0 Å². The van der Waals surface area contributed by atoms with Gasteiger partial charge in [0.05, 0.1) is 10.8 Å². The van der Waals surface area contributed by atoms with E-state index in [1.165, 1.54) is 12.1 Å². The first-order chi connectivity index (χ1) is 15.4. The number of esters is 1. The molecule has 0 bridgehead atoms. The number of anilines is 2. The minimum atomic E-state index is -0.625. The van der Waals surface area contributed by atoms with Crippen LogP contribution in [0.4, 0.5) is 17.4 Å². The summed E-state index contributed by atoms with van der Waals surface area (Å²) in [6.07, 6.45) is 1.09. The molecule has 3 aromatic rings. The summed E-state index contributed by atoms with van der Waals surface area (Å²) in [6.45, 7) is 2.30. The molecule has 0 spiro atoms. The number of piperidine rings is 1. The van der Waals surface area contributed by atoms with Crippen LogP contribution in [0.25, 0.3) is 11.1 Å². The number of carbonyl (C=O) groups excluding carboxylic acids is 2. The Labute approximate surface area is 183 Å². The molecule has 0 radical (unpaired) electrons. The highest BCUT2D eigenvalue weighted by Crippen LogP contribution is 2.28. The third-order valence-electron chi connectivity index (χ3n) is 5.44. The van der Waals surface area contributed by atoms with Gasteiger partial charge in [0.2, 0.25) is 0 Å². The minimum absolute atomic E-state index is 0.102. The molecule has 1 aliphatic heterocycles. The summed E-state index contributed by atoms with van der Waals surface area (Å²) in [5, 5.41) is 13.6. The van der Waals surface area contributed by atoms with E-state index in [2.05, 4.69) is 10.3 Å². The Kier molecular flexibility index (Phi) is 6.02. The van der Waals surface area contributed by atoms with E-state index in [0.29, 0.717) is 43.1 Å². The lowest BCUT2D eigenvalue weighted by atomic mass is 9.97. The van der Waals surface area contributed by atoms with Gasteiger partial charge in [0.1, 0.15) is 11.2 Å². The highest BCUT2D eigenvalue weighted by Gasteiger charge is 2.29. The molecule has 0 unspecified atom stereocenters. The second-order valence-electron chi connectivity index (χ2n) is 7.61. The fourth-order valence-corrected chi connectivity index (χ4v) is 3.70.